The van der Waals surface area contributed by atoms with Crippen molar-refractivity contribution in [3.05, 3.63) is 72.9 Å². The van der Waals surface area contributed by atoms with Crippen molar-refractivity contribution >= 4 is 5.91 Å². The summed E-state index contributed by atoms with van der Waals surface area (Å²) in [6, 6.07) is -1.01. The van der Waals surface area contributed by atoms with Crippen molar-refractivity contribution in [1.82, 2.24) is 5.32 Å². The van der Waals surface area contributed by atoms with Crippen molar-refractivity contribution in [3.8, 4) is 0 Å². The molecule has 0 aromatic heterocycles. The molecule has 0 aromatic carbocycles. The fourth-order valence-electron chi connectivity index (χ4n) is 8.88. The van der Waals surface area contributed by atoms with Crippen LogP contribution in [-0.4, -0.2) is 193 Å². The van der Waals surface area contributed by atoms with Gasteiger partial charge >= 0.3 is 0 Å². The molecule has 17 unspecified atom stereocenters. The van der Waals surface area contributed by atoms with Crippen molar-refractivity contribution in [1.29, 1.82) is 0 Å². The fourth-order valence-corrected chi connectivity index (χ4v) is 8.88. The number of ether oxygens (including phenoxy) is 6. The van der Waals surface area contributed by atoms with Crippen LogP contribution in [-0.2, 0) is 33.2 Å². The van der Waals surface area contributed by atoms with E-state index in [0.29, 0.717) is 12.8 Å². The first-order chi connectivity index (χ1) is 36.3. The van der Waals surface area contributed by atoms with E-state index in [1.54, 1.807) is 6.08 Å². The smallest absolute Gasteiger partial charge is 0.220 e. The van der Waals surface area contributed by atoms with Gasteiger partial charge in [0.15, 0.2) is 18.9 Å². The number of rotatable bonds is 38. The molecule has 0 aromatic rings. The minimum absolute atomic E-state index is 0.193. The Morgan fingerprint density at radius 2 is 0.933 bits per heavy atom. The molecule has 0 radical (unpaired) electrons. The lowest BCUT2D eigenvalue weighted by Crippen LogP contribution is -2.66. The Kier molecular flexibility index (Phi) is 35.1. The number of allylic oxidation sites excluding steroid dienone is 11. The molecule has 3 fully saturated rings. The first-order valence-electron chi connectivity index (χ1n) is 27.7. The fraction of sp³-hybridized carbons (Fsp3) is 0.768. The van der Waals surface area contributed by atoms with Crippen LogP contribution in [0.25, 0.3) is 0 Å². The van der Waals surface area contributed by atoms with E-state index < -0.39 is 124 Å². The minimum atomic E-state index is -1.99. The van der Waals surface area contributed by atoms with Gasteiger partial charge in [-0.3, -0.25) is 4.79 Å². The molecule has 1 amide bonds. The van der Waals surface area contributed by atoms with Crippen LogP contribution in [0.3, 0.4) is 0 Å². The lowest BCUT2D eigenvalue weighted by atomic mass is 9.96. The number of amides is 1. The normalized spacial score (nSPS) is 31.8. The molecule has 19 heteroatoms. The molecule has 0 saturated carbocycles. The number of unbranched alkanes of at least 4 members (excludes halogenated alkanes) is 12. The van der Waals surface area contributed by atoms with E-state index in [0.717, 1.165) is 64.2 Å². The third-order valence-electron chi connectivity index (χ3n) is 13.5. The summed E-state index contributed by atoms with van der Waals surface area (Å²) >= 11 is 0. The molecular weight excluding hydrogens is 975 g/mol. The Labute approximate surface area is 445 Å². The van der Waals surface area contributed by atoms with Crippen molar-refractivity contribution in [2.45, 2.75) is 247 Å². The largest absolute Gasteiger partial charge is 0.394 e. The highest BCUT2D eigenvalue weighted by molar-refractivity contribution is 5.76. The second kappa shape index (κ2) is 39.6. The number of carbonyl (C=O) groups excluding carboxylic acids is 1. The van der Waals surface area contributed by atoms with Gasteiger partial charge in [-0.05, 0) is 77.0 Å². The number of hydrogen-bond donors (Lipinski definition) is 12. The molecule has 17 atom stereocenters. The van der Waals surface area contributed by atoms with Crippen LogP contribution in [0.5, 0.6) is 0 Å². The molecule has 19 nitrogen and oxygen atoms in total. The Balaban J connectivity index is 1.57. The molecule has 3 aliphatic heterocycles. The van der Waals surface area contributed by atoms with E-state index in [1.165, 1.54) is 44.9 Å². The summed E-state index contributed by atoms with van der Waals surface area (Å²) < 4.78 is 34.1. The van der Waals surface area contributed by atoms with E-state index in [-0.39, 0.29) is 18.9 Å². The van der Waals surface area contributed by atoms with E-state index in [4.69, 9.17) is 28.4 Å². The second-order valence-electron chi connectivity index (χ2n) is 19.6. The van der Waals surface area contributed by atoms with E-state index in [1.807, 2.05) is 6.08 Å². The van der Waals surface area contributed by atoms with Crippen molar-refractivity contribution < 1.29 is 89.4 Å². The molecule has 3 aliphatic rings. The molecule has 3 rings (SSSR count). The second-order valence-corrected chi connectivity index (χ2v) is 19.6. The first kappa shape index (κ1) is 66.5. The van der Waals surface area contributed by atoms with Crippen LogP contribution in [0.1, 0.15) is 142 Å². The number of carbonyl (C=O) groups is 1. The Bertz CT molecular complexity index is 1660. The monoisotopic (exact) mass is 1070 g/mol. The van der Waals surface area contributed by atoms with Crippen LogP contribution in [0, 0.1) is 0 Å². The standard InChI is InChI=1S/C56H95NO18/c1-3-5-7-9-11-13-15-17-18-19-20-22-23-25-27-29-31-33-40(61)39(57-44(62)34-32-30-28-26-24-21-16-14-12-10-8-6-4-2)38-70-54-50(68)47(65)52(42(36-59)72-54)75-56-51(69)48(66)53(43(37-60)73-56)74-55-49(67)46(64)45(63)41(35-58)71-55/h6,8,12,14,18-19,21,23-25,31,33,39-43,45-56,58-61,63-69H,3-5,7,9-11,13,15-17,20,22,26-30,32,34-38H2,1-2H3,(H,57,62)/b8-6-,14-12-,19-18+,24-21-,25-23+,33-31+. The summed E-state index contributed by atoms with van der Waals surface area (Å²) in [7, 11) is 0. The minimum Gasteiger partial charge on any atom is -0.394 e. The van der Waals surface area contributed by atoms with Gasteiger partial charge in [-0.2, -0.15) is 0 Å². The SMILES string of the molecule is CC/C=C\C/C=C\C/C=C\CCCCCC(=O)NC(COC1OC(CO)C(OC2OC(CO)C(OC3OC(CO)C(O)C(O)C3O)C(O)C2O)C(O)C1O)C(O)/C=C/CC/C=C/CC/C=C/CCCCCCCCC. The van der Waals surface area contributed by atoms with Crippen molar-refractivity contribution in [3.63, 3.8) is 0 Å². The summed E-state index contributed by atoms with van der Waals surface area (Å²) in [5.74, 6) is -0.324. The van der Waals surface area contributed by atoms with Gasteiger partial charge in [0, 0.05) is 6.42 Å². The van der Waals surface area contributed by atoms with E-state index >= 15 is 0 Å². The Morgan fingerprint density at radius 1 is 0.493 bits per heavy atom. The summed E-state index contributed by atoms with van der Waals surface area (Å²) in [5, 5.41) is 120. The van der Waals surface area contributed by atoms with Gasteiger partial charge in [-0.25, -0.2) is 0 Å². The van der Waals surface area contributed by atoms with Crippen LogP contribution >= 0.6 is 0 Å². The summed E-state index contributed by atoms with van der Waals surface area (Å²) in [6.07, 6.45) is 17.6. The van der Waals surface area contributed by atoms with Gasteiger partial charge in [0.1, 0.15) is 73.2 Å². The highest BCUT2D eigenvalue weighted by Gasteiger charge is 2.53. The molecule has 432 valence electrons. The molecule has 3 saturated heterocycles. The van der Waals surface area contributed by atoms with Crippen LogP contribution < -0.4 is 5.32 Å². The zero-order chi connectivity index (χ0) is 54.8. The van der Waals surface area contributed by atoms with Crippen LogP contribution in [0.2, 0.25) is 0 Å². The van der Waals surface area contributed by atoms with Crippen molar-refractivity contribution in [2.75, 3.05) is 26.4 Å². The highest BCUT2D eigenvalue weighted by atomic mass is 16.8. The van der Waals surface area contributed by atoms with Gasteiger partial charge in [-0.15, -0.1) is 0 Å². The third kappa shape index (κ3) is 24.4. The molecule has 12 N–H and O–H groups in total. The number of aliphatic hydroxyl groups is 11. The van der Waals surface area contributed by atoms with Gasteiger partial charge in [0.2, 0.25) is 5.91 Å². The maximum absolute atomic E-state index is 13.2. The highest BCUT2D eigenvalue weighted by Crippen LogP contribution is 2.33. The summed E-state index contributed by atoms with van der Waals surface area (Å²) in [5.41, 5.74) is 0. The lowest BCUT2D eigenvalue weighted by Gasteiger charge is -2.48. The van der Waals surface area contributed by atoms with Crippen LogP contribution in [0.15, 0.2) is 72.9 Å². The quantitative estimate of drug-likeness (QED) is 0.0311. The number of hydrogen-bond acceptors (Lipinski definition) is 18. The maximum atomic E-state index is 13.2. The van der Waals surface area contributed by atoms with E-state index in [9.17, 15) is 61.0 Å². The van der Waals surface area contributed by atoms with Gasteiger partial charge in [0.25, 0.3) is 0 Å². The first-order valence-corrected chi connectivity index (χ1v) is 27.7. The van der Waals surface area contributed by atoms with E-state index in [2.05, 4.69) is 79.9 Å². The Morgan fingerprint density at radius 3 is 1.49 bits per heavy atom. The zero-order valence-corrected chi connectivity index (χ0v) is 44.5. The molecule has 0 bridgehead atoms. The molecule has 0 aliphatic carbocycles. The molecular formula is C56H95NO18. The average Bonchev–Trinajstić information content (AvgIpc) is 3.41. The summed E-state index contributed by atoms with van der Waals surface area (Å²) in [6.45, 7) is 1.50. The third-order valence-corrected chi connectivity index (χ3v) is 13.5. The molecule has 0 spiro atoms. The summed E-state index contributed by atoms with van der Waals surface area (Å²) in [4.78, 5) is 13.2. The Hall–Kier alpha value is -2.77. The topological polar surface area (TPSA) is 307 Å². The van der Waals surface area contributed by atoms with Gasteiger partial charge < -0.3 is 89.9 Å². The van der Waals surface area contributed by atoms with Gasteiger partial charge in [0.05, 0.1) is 38.6 Å². The number of aliphatic hydroxyl groups excluding tert-OH is 11. The van der Waals surface area contributed by atoms with Crippen LogP contribution in [0.4, 0.5) is 0 Å². The molecule has 3 heterocycles. The van der Waals surface area contributed by atoms with Gasteiger partial charge in [-0.1, -0.05) is 132 Å². The zero-order valence-electron chi connectivity index (χ0n) is 44.5. The predicted octanol–water partition coefficient (Wildman–Crippen LogP) is 3.48. The predicted molar refractivity (Wildman–Crippen MR) is 281 cm³/mol. The lowest BCUT2D eigenvalue weighted by molar-refractivity contribution is -0.379. The number of nitrogens with one attached hydrogen (secondary N) is 1. The maximum Gasteiger partial charge on any atom is 0.220 e. The molecule has 75 heavy (non-hydrogen) atoms. The average molecular weight is 1070 g/mol. The van der Waals surface area contributed by atoms with Crippen molar-refractivity contribution in [2.24, 2.45) is 0 Å².